The Morgan fingerprint density at radius 3 is 2.68 bits per heavy atom. The number of hydrogen-bond acceptors (Lipinski definition) is 7. The summed E-state index contributed by atoms with van der Waals surface area (Å²) in [5, 5.41) is 31.8. The summed E-state index contributed by atoms with van der Waals surface area (Å²) < 4.78 is 7.06. The van der Waals surface area contributed by atoms with E-state index in [-0.39, 0.29) is 24.2 Å². The monoisotopic (exact) mass is 413 g/mol. The van der Waals surface area contributed by atoms with Crippen LogP contribution in [0.2, 0.25) is 0 Å². The van der Waals surface area contributed by atoms with E-state index in [0.717, 1.165) is 5.69 Å². The summed E-state index contributed by atoms with van der Waals surface area (Å²) in [5.74, 6) is 0.648. The van der Waals surface area contributed by atoms with E-state index in [4.69, 9.17) is 4.42 Å². The van der Waals surface area contributed by atoms with E-state index in [1.807, 2.05) is 25.2 Å². The zero-order valence-corrected chi connectivity index (χ0v) is 17.3. The Bertz CT molecular complexity index is 806. The number of rotatable bonds is 6. The topological polar surface area (TPSA) is 117 Å². The van der Waals surface area contributed by atoms with Gasteiger partial charge >= 0.3 is 0 Å². The number of carbonyl (C=O) groups excluding carboxylic acids is 1. The zero-order chi connectivity index (χ0) is 19.7. The minimum Gasteiger partial charge on any atom is -0.466 e. The SMILES string of the molecule is Cc1cc(C(=O)N[C@@H]2C[C@H](Cn3cc(CN(C)C)nn3)[C@@H](O)[C@H]2O)c(C)o1.Cl. The second-order valence-electron chi connectivity index (χ2n) is 7.55. The maximum Gasteiger partial charge on any atom is 0.255 e. The summed E-state index contributed by atoms with van der Waals surface area (Å²) in [6.45, 7) is 4.60. The molecule has 156 valence electrons. The Kier molecular flexibility index (Phi) is 7.22. The van der Waals surface area contributed by atoms with Crippen molar-refractivity contribution in [3.8, 4) is 0 Å². The van der Waals surface area contributed by atoms with E-state index >= 15 is 0 Å². The van der Waals surface area contributed by atoms with E-state index in [1.165, 1.54) is 0 Å². The Balaban J connectivity index is 0.00000280. The number of aryl methyl sites for hydroxylation is 2. The van der Waals surface area contributed by atoms with Gasteiger partial charge in [-0.05, 0) is 40.4 Å². The van der Waals surface area contributed by atoms with Crippen LogP contribution in [0.5, 0.6) is 0 Å². The molecule has 2 aromatic rings. The summed E-state index contributed by atoms with van der Waals surface area (Å²) in [5.41, 5.74) is 1.28. The van der Waals surface area contributed by atoms with Crippen molar-refractivity contribution in [1.29, 1.82) is 0 Å². The minimum atomic E-state index is -1.03. The molecule has 2 heterocycles. The predicted octanol–water partition coefficient (Wildman–Crippen LogP) is 0.512. The van der Waals surface area contributed by atoms with Crippen LogP contribution in [0, 0.1) is 19.8 Å². The molecule has 0 aromatic carbocycles. The summed E-state index contributed by atoms with van der Waals surface area (Å²) in [6.07, 6.45) is 0.316. The van der Waals surface area contributed by atoms with E-state index < -0.39 is 18.2 Å². The molecule has 1 aliphatic rings. The minimum absolute atomic E-state index is 0. The fraction of sp³-hybridized carbons (Fsp3) is 0.611. The molecule has 10 heteroatoms. The number of halogens is 1. The van der Waals surface area contributed by atoms with Gasteiger partial charge in [-0.15, -0.1) is 17.5 Å². The third-order valence-corrected chi connectivity index (χ3v) is 4.89. The van der Waals surface area contributed by atoms with Crippen LogP contribution in [0.3, 0.4) is 0 Å². The molecule has 0 radical (unpaired) electrons. The first kappa shape index (κ1) is 22.4. The number of aromatic nitrogens is 3. The molecule has 2 aromatic heterocycles. The third-order valence-electron chi connectivity index (χ3n) is 4.89. The van der Waals surface area contributed by atoms with Crippen LogP contribution in [0.1, 0.15) is 34.0 Å². The van der Waals surface area contributed by atoms with Gasteiger partial charge in [0.15, 0.2) is 0 Å². The number of aliphatic hydroxyl groups is 2. The molecular weight excluding hydrogens is 386 g/mol. The predicted molar refractivity (Wildman–Crippen MR) is 104 cm³/mol. The van der Waals surface area contributed by atoms with Crippen LogP contribution in [0.15, 0.2) is 16.7 Å². The number of nitrogens with one attached hydrogen (secondary N) is 1. The van der Waals surface area contributed by atoms with Crippen molar-refractivity contribution in [1.82, 2.24) is 25.2 Å². The second-order valence-corrected chi connectivity index (χ2v) is 7.55. The quantitative estimate of drug-likeness (QED) is 0.631. The molecule has 3 rings (SSSR count). The lowest BCUT2D eigenvalue weighted by Gasteiger charge is -2.18. The van der Waals surface area contributed by atoms with Crippen LogP contribution in [-0.2, 0) is 13.1 Å². The second kappa shape index (κ2) is 9.04. The maximum atomic E-state index is 12.5. The van der Waals surface area contributed by atoms with Crippen molar-refractivity contribution in [2.75, 3.05) is 14.1 Å². The largest absolute Gasteiger partial charge is 0.466 e. The maximum absolute atomic E-state index is 12.5. The molecular formula is C18H28ClN5O4. The average molecular weight is 414 g/mol. The number of furan rings is 1. The molecule has 0 aliphatic heterocycles. The van der Waals surface area contributed by atoms with Crippen molar-refractivity contribution in [3.05, 3.63) is 35.0 Å². The molecule has 1 fully saturated rings. The first-order chi connectivity index (χ1) is 12.7. The summed E-state index contributed by atoms with van der Waals surface area (Å²) in [7, 11) is 3.90. The first-order valence-electron chi connectivity index (χ1n) is 9.02. The van der Waals surface area contributed by atoms with Crippen LogP contribution in [0.25, 0.3) is 0 Å². The van der Waals surface area contributed by atoms with Crippen LogP contribution < -0.4 is 5.32 Å². The van der Waals surface area contributed by atoms with Gasteiger partial charge in [-0.25, -0.2) is 0 Å². The van der Waals surface area contributed by atoms with Gasteiger partial charge in [0.2, 0.25) is 0 Å². The molecule has 0 saturated heterocycles. The highest BCUT2D eigenvalue weighted by atomic mass is 35.5. The molecule has 3 N–H and O–H groups in total. The van der Waals surface area contributed by atoms with Crippen molar-refractivity contribution in [2.45, 2.75) is 51.6 Å². The van der Waals surface area contributed by atoms with E-state index in [0.29, 0.717) is 36.6 Å². The van der Waals surface area contributed by atoms with Gasteiger partial charge in [-0.1, -0.05) is 5.21 Å². The fourth-order valence-electron chi connectivity index (χ4n) is 3.62. The van der Waals surface area contributed by atoms with Crippen molar-refractivity contribution in [2.24, 2.45) is 5.92 Å². The molecule has 1 aliphatic carbocycles. The van der Waals surface area contributed by atoms with Crippen molar-refractivity contribution < 1.29 is 19.4 Å². The lowest BCUT2D eigenvalue weighted by molar-refractivity contribution is 0.00761. The molecule has 4 atom stereocenters. The highest BCUT2D eigenvalue weighted by Crippen LogP contribution is 2.28. The van der Waals surface area contributed by atoms with E-state index in [2.05, 4.69) is 15.6 Å². The standard InChI is InChI=1S/C18H27N5O4.ClH/c1-10-5-14(11(2)27-10)18(26)19-15-6-12(16(24)17(15)25)7-23-9-13(20-21-23)8-22(3)4;/h5,9,12,15-17,24-25H,6-8H2,1-4H3,(H,19,26);1H/t12-,15-,16-,17+;/m1./s1. The van der Waals surface area contributed by atoms with Gasteiger partial charge < -0.3 is 24.8 Å². The Labute approximate surface area is 170 Å². The number of hydrogen-bond donors (Lipinski definition) is 3. The molecule has 1 amide bonds. The third kappa shape index (κ3) is 4.91. The van der Waals surface area contributed by atoms with Gasteiger partial charge in [0, 0.05) is 25.2 Å². The molecule has 0 spiro atoms. The number of carbonyl (C=O) groups is 1. The lowest BCUT2D eigenvalue weighted by atomic mass is 10.1. The van der Waals surface area contributed by atoms with Crippen LogP contribution >= 0.6 is 12.4 Å². The Morgan fingerprint density at radius 2 is 2.07 bits per heavy atom. The first-order valence-corrected chi connectivity index (χ1v) is 9.02. The summed E-state index contributed by atoms with van der Waals surface area (Å²) in [6, 6.07) is 1.14. The highest BCUT2D eigenvalue weighted by molar-refractivity contribution is 5.95. The van der Waals surface area contributed by atoms with E-state index in [1.54, 1.807) is 24.6 Å². The smallest absolute Gasteiger partial charge is 0.255 e. The van der Waals surface area contributed by atoms with Crippen molar-refractivity contribution >= 4 is 18.3 Å². The highest BCUT2D eigenvalue weighted by Gasteiger charge is 2.42. The van der Waals surface area contributed by atoms with Gasteiger partial charge in [-0.3, -0.25) is 9.48 Å². The number of amides is 1. The number of nitrogens with zero attached hydrogens (tertiary/aromatic N) is 4. The molecule has 0 bridgehead atoms. The van der Waals surface area contributed by atoms with Gasteiger partial charge in [0.1, 0.15) is 17.6 Å². The van der Waals surface area contributed by atoms with Gasteiger partial charge in [-0.2, -0.15) is 0 Å². The average Bonchev–Trinajstić information content (AvgIpc) is 3.23. The molecule has 1 saturated carbocycles. The van der Waals surface area contributed by atoms with Gasteiger partial charge in [0.05, 0.1) is 23.4 Å². The zero-order valence-electron chi connectivity index (χ0n) is 16.5. The fourth-order valence-corrected chi connectivity index (χ4v) is 3.62. The van der Waals surface area contributed by atoms with Crippen LogP contribution in [0.4, 0.5) is 0 Å². The normalized spacial score (nSPS) is 24.4. The number of aliphatic hydroxyl groups excluding tert-OH is 2. The molecule has 9 nitrogen and oxygen atoms in total. The lowest BCUT2D eigenvalue weighted by Crippen LogP contribution is -2.43. The Hall–Kier alpha value is -1.94. The van der Waals surface area contributed by atoms with Crippen LogP contribution in [-0.4, -0.2) is 68.4 Å². The van der Waals surface area contributed by atoms with E-state index in [9.17, 15) is 15.0 Å². The summed E-state index contributed by atoms with van der Waals surface area (Å²) in [4.78, 5) is 14.5. The Morgan fingerprint density at radius 1 is 1.36 bits per heavy atom. The van der Waals surface area contributed by atoms with Crippen molar-refractivity contribution in [3.63, 3.8) is 0 Å². The molecule has 0 unspecified atom stereocenters. The van der Waals surface area contributed by atoms with Gasteiger partial charge in [0.25, 0.3) is 5.91 Å². The summed E-state index contributed by atoms with van der Waals surface area (Å²) >= 11 is 0. The molecule has 28 heavy (non-hydrogen) atoms.